The molecule has 0 aliphatic rings. The molecule has 0 atom stereocenters. The molecule has 5 heteroatoms. The normalized spacial score (nSPS) is 10.2. The van der Waals surface area contributed by atoms with Gasteiger partial charge < -0.3 is 4.90 Å². The Bertz CT molecular complexity index is 293. The van der Waals surface area contributed by atoms with Gasteiger partial charge in [0.2, 0.25) is 0 Å². The molecule has 0 amide bonds. The zero-order chi connectivity index (χ0) is 9.84. The zero-order valence-electron chi connectivity index (χ0n) is 7.10. The Morgan fingerprint density at radius 1 is 1.62 bits per heavy atom. The van der Waals surface area contributed by atoms with E-state index in [-0.39, 0.29) is 5.82 Å². The van der Waals surface area contributed by atoms with E-state index in [9.17, 15) is 4.39 Å². The average Bonchev–Trinajstić information content (AvgIpc) is 2.04. The fraction of sp³-hybridized carbons (Fsp3) is 0.375. The van der Waals surface area contributed by atoms with Gasteiger partial charge in [-0.15, -0.1) is 11.6 Å². The maximum Gasteiger partial charge on any atom is 0.167 e. The van der Waals surface area contributed by atoms with Gasteiger partial charge in [0, 0.05) is 25.7 Å². The molecule has 1 aromatic rings. The van der Waals surface area contributed by atoms with Crippen LogP contribution in [0.2, 0.25) is 5.02 Å². The first-order valence-corrected chi connectivity index (χ1v) is 4.64. The van der Waals surface area contributed by atoms with E-state index in [0.717, 1.165) is 0 Å². The lowest BCUT2D eigenvalue weighted by atomic mass is 10.4. The fourth-order valence-corrected chi connectivity index (χ4v) is 1.32. The summed E-state index contributed by atoms with van der Waals surface area (Å²) in [5.41, 5.74) is 0. The predicted molar refractivity (Wildman–Crippen MR) is 53.2 cm³/mol. The van der Waals surface area contributed by atoms with Crippen LogP contribution in [-0.2, 0) is 0 Å². The highest BCUT2D eigenvalue weighted by molar-refractivity contribution is 6.30. The van der Waals surface area contributed by atoms with Gasteiger partial charge >= 0.3 is 0 Å². The lowest BCUT2D eigenvalue weighted by Crippen LogP contribution is -2.21. The van der Waals surface area contributed by atoms with Gasteiger partial charge in [-0.3, -0.25) is 0 Å². The van der Waals surface area contributed by atoms with Crippen LogP contribution in [0.25, 0.3) is 0 Å². The van der Waals surface area contributed by atoms with Gasteiger partial charge in [-0.25, -0.2) is 9.37 Å². The van der Waals surface area contributed by atoms with Crippen LogP contribution in [-0.4, -0.2) is 24.5 Å². The molecule has 1 heterocycles. The van der Waals surface area contributed by atoms with Crippen LogP contribution < -0.4 is 4.90 Å². The second-order valence-corrected chi connectivity index (χ2v) is 3.38. The van der Waals surface area contributed by atoms with Crippen molar-refractivity contribution >= 4 is 29.0 Å². The molecule has 0 aliphatic carbocycles. The van der Waals surface area contributed by atoms with Crippen molar-refractivity contribution in [2.75, 3.05) is 24.4 Å². The van der Waals surface area contributed by atoms with Crippen molar-refractivity contribution in [1.29, 1.82) is 0 Å². The summed E-state index contributed by atoms with van der Waals surface area (Å²) in [4.78, 5) is 5.49. The van der Waals surface area contributed by atoms with Crippen molar-refractivity contribution in [1.82, 2.24) is 4.98 Å². The summed E-state index contributed by atoms with van der Waals surface area (Å²) in [5, 5.41) is 0.292. The fourth-order valence-electron chi connectivity index (χ4n) is 0.921. The van der Waals surface area contributed by atoms with Crippen LogP contribution in [0.1, 0.15) is 0 Å². The number of pyridine rings is 1. The number of anilines is 1. The number of hydrogen-bond acceptors (Lipinski definition) is 2. The van der Waals surface area contributed by atoms with E-state index in [4.69, 9.17) is 23.2 Å². The van der Waals surface area contributed by atoms with Crippen molar-refractivity contribution in [2.45, 2.75) is 0 Å². The number of alkyl halides is 1. The quantitative estimate of drug-likeness (QED) is 0.732. The molecule has 0 N–H and O–H groups in total. The van der Waals surface area contributed by atoms with E-state index in [2.05, 4.69) is 4.98 Å². The third kappa shape index (κ3) is 2.71. The second kappa shape index (κ2) is 4.63. The van der Waals surface area contributed by atoms with Gasteiger partial charge in [0.25, 0.3) is 0 Å². The molecule has 0 unspecified atom stereocenters. The van der Waals surface area contributed by atoms with Gasteiger partial charge in [0.1, 0.15) is 0 Å². The molecule has 13 heavy (non-hydrogen) atoms. The van der Waals surface area contributed by atoms with Crippen LogP contribution in [0.3, 0.4) is 0 Å². The maximum absolute atomic E-state index is 13.2. The van der Waals surface area contributed by atoms with Crippen molar-refractivity contribution in [3.8, 4) is 0 Å². The highest BCUT2D eigenvalue weighted by Gasteiger charge is 2.08. The van der Waals surface area contributed by atoms with Crippen LogP contribution in [0.4, 0.5) is 10.2 Å². The molecule has 0 fully saturated rings. The Morgan fingerprint density at radius 2 is 2.31 bits per heavy atom. The van der Waals surface area contributed by atoms with E-state index >= 15 is 0 Å². The van der Waals surface area contributed by atoms with E-state index in [1.807, 2.05) is 0 Å². The monoisotopic (exact) mass is 222 g/mol. The number of nitrogens with zero attached hydrogens (tertiary/aromatic N) is 2. The molecule has 0 saturated carbocycles. The molecule has 0 aliphatic heterocycles. The van der Waals surface area contributed by atoms with Crippen LogP contribution in [0.5, 0.6) is 0 Å². The van der Waals surface area contributed by atoms with Crippen LogP contribution >= 0.6 is 23.2 Å². The lowest BCUT2D eigenvalue weighted by molar-refractivity contribution is 0.616. The van der Waals surface area contributed by atoms with Gasteiger partial charge in [0.05, 0.1) is 5.02 Å². The molecule has 1 aromatic heterocycles. The highest BCUT2D eigenvalue weighted by Crippen LogP contribution is 2.18. The Morgan fingerprint density at radius 3 is 2.85 bits per heavy atom. The summed E-state index contributed by atoms with van der Waals surface area (Å²) in [5.74, 6) is 0.269. The molecule has 1 rings (SSSR count). The van der Waals surface area contributed by atoms with Crippen LogP contribution in [0.15, 0.2) is 12.3 Å². The summed E-state index contributed by atoms with van der Waals surface area (Å²) >= 11 is 11.1. The van der Waals surface area contributed by atoms with Gasteiger partial charge in [0.15, 0.2) is 11.6 Å². The number of aromatic nitrogens is 1. The molecule has 0 spiro atoms. The van der Waals surface area contributed by atoms with Crippen molar-refractivity contribution in [3.63, 3.8) is 0 Å². The Kier molecular flexibility index (Phi) is 3.75. The molecule has 0 bridgehead atoms. The predicted octanol–water partition coefficient (Wildman–Crippen LogP) is 2.55. The van der Waals surface area contributed by atoms with E-state index in [1.165, 1.54) is 12.3 Å². The summed E-state index contributed by atoms with van der Waals surface area (Å²) in [6, 6.07) is 1.23. The Labute approximate surface area is 86.3 Å². The zero-order valence-corrected chi connectivity index (χ0v) is 8.61. The summed E-state index contributed by atoms with van der Waals surface area (Å²) in [6.07, 6.45) is 1.41. The SMILES string of the molecule is CN(CCCl)c1ncc(Cl)cc1F. The first kappa shape index (κ1) is 10.5. The first-order chi connectivity index (χ1) is 6.15. The largest absolute Gasteiger partial charge is 0.356 e. The third-order valence-electron chi connectivity index (χ3n) is 1.57. The van der Waals surface area contributed by atoms with Crippen molar-refractivity contribution < 1.29 is 4.39 Å². The van der Waals surface area contributed by atoms with Crippen LogP contribution in [0, 0.1) is 5.82 Å². The topological polar surface area (TPSA) is 16.1 Å². The van der Waals surface area contributed by atoms with E-state index < -0.39 is 5.82 Å². The number of hydrogen-bond donors (Lipinski definition) is 0. The molecule has 2 nitrogen and oxygen atoms in total. The molecule has 0 radical (unpaired) electrons. The van der Waals surface area contributed by atoms with E-state index in [1.54, 1.807) is 11.9 Å². The minimum Gasteiger partial charge on any atom is -0.356 e. The van der Waals surface area contributed by atoms with Crippen molar-refractivity contribution in [2.24, 2.45) is 0 Å². The van der Waals surface area contributed by atoms with Crippen molar-refractivity contribution in [3.05, 3.63) is 23.1 Å². The lowest BCUT2D eigenvalue weighted by Gasteiger charge is -2.16. The van der Waals surface area contributed by atoms with Gasteiger partial charge in [-0.2, -0.15) is 0 Å². The first-order valence-electron chi connectivity index (χ1n) is 3.73. The summed E-state index contributed by atoms with van der Waals surface area (Å²) < 4.78 is 13.2. The minimum absolute atomic E-state index is 0.269. The number of rotatable bonds is 3. The minimum atomic E-state index is -0.430. The highest BCUT2D eigenvalue weighted by atomic mass is 35.5. The third-order valence-corrected chi connectivity index (χ3v) is 1.95. The van der Waals surface area contributed by atoms with Gasteiger partial charge in [-0.1, -0.05) is 11.6 Å². The Hall–Kier alpha value is -0.540. The summed E-state index contributed by atoms with van der Waals surface area (Å²) in [6.45, 7) is 0.549. The van der Waals surface area contributed by atoms with E-state index in [0.29, 0.717) is 17.4 Å². The smallest absolute Gasteiger partial charge is 0.167 e. The standard InChI is InChI=1S/C8H9Cl2FN2/c1-13(3-2-9)8-7(11)4-6(10)5-12-8/h4-5H,2-3H2,1H3. The molecule has 0 saturated heterocycles. The number of halogens is 3. The maximum atomic E-state index is 13.2. The Balaban J connectivity index is 2.88. The second-order valence-electron chi connectivity index (χ2n) is 2.57. The summed E-state index contributed by atoms with van der Waals surface area (Å²) in [7, 11) is 1.72. The molecule has 0 aromatic carbocycles. The average molecular weight is 223 g/mol. The molecule has 72 valence electrons. The molecular formula is C8H9Cl2FN2. The molecular weight excluding hydrogens is 214 g/mol. The van der Waals surface area contributed by atoms with Gasteiger partial charge in [-0.05, 0) is 6.07 Å².